The molecule has 0 aromatic carbocycles. The van der Waals surface area contributed by atoms with Gasteiger partial charge in [-0.2, -0.15) is 0 Å². The number of aliphatic hydroxyl groups is 1. The first-order chi connectivity index (χ1) is 8.83. The Bertz CT molecular complexity index is 242. The molecule has 0 aromatic rings. The summed E-state index contributed by atoms with van der Waals surface area (Å²) in [5.74, 6) is 3.79. The second kappa shape index (κ2) is 5.92. The van der Waals surface area contributed by atoms with E-state index in [9.17, 15) is 5.11 Å². The van der Waals surface area contributed by atoms with Crippen LogP contribution in [-0.4, -0.2) is 24.3 Å². The van der Waals surface area contributed by atoms with E-state index in [-0.39, 0.29) is 6.10 Å². The van der Waals surface area contributed by atoms with Gasteiger partial charge in [0.1, 0.15) is 0 Å². The lowest BCUT2D eigenvalue weighted by Gasteiger charge is -2.19. The van der Waals surface area contributed by atoms with E-state index in [1.807, 2.05) is 0 Å². The zero-order valence-corrected chi connectivity index (χ0v) is 11.6. The average Bonchev–Trinajstić information content (AvgIpc) is 3.27. The highest BCUT2D eigenvalue weighted by Crippen LogP contribution is 2.48. The van der Waals surface area contributed by atoms with Gasteiger partial charge in [0, 0.05) is 6.54 Å². The molecule has 3 aliphatic rings. The van der Waals surface area contributed by atoms with Crippen LogP contribution >= 0.6 is 0 Å². The number of hydrogen-bond donors (Lipinski definition) is 2. The van der Waals surface area contributed by atoms with Crippen molar-refractivity contribution in [3.8, 4) is 0 Å². The molecule has 3 aliphatic carbocycles. The summed E-state index contributed by atoms with van der Waals surface area (Å²) in [5, 5.41) is 13.6. The molecule has 0 amide bonds. The Morgan fingerprint density at radius 2 is 1.50 bits per heavy atom. The van der Waals surface area contributed by atoms with E-state index < -0.39 is 0 Å². The highest BCUT2D eigenvalue weighted by atomic mass is 16.3. The monoisotopic (exact) mass is 251 g/mol. The first-order valence-electron chi connectivity index (χ1n) is 8.21. The Morgan fingerprint density at radius 3 is 2.06 bits per heavy atom. The van der Waals surface area contributed by atoms with Gasteiger partial charge < -0.3 is 10.4 Å². The molecule has 2 N–H and O–H groups in total. The predicted octanol–water partition coefficient (Wildman–Crippen LogP) is 2.95. The molecule has 0 bridgehead atoms. The van der Waals surface area contributed by atoms with Crippen molar-refractivity contribution in [3.05, 3.63) is 0 Å². The lowest BCUT2D eigenvalue weighted by Crippen LogP contribution is -2.33. The van der Waals surface area contributed by atoms with Gasteiger partial charge in [-0.15, -0.1) is 0 Å². The fraction of sp³-hybridized carbons (Fsp3) is 1.00. The third kappa shape index (κ3) is 3.71. The third-order valence-electron chi connectivity index (χ3n) is 5.30. The van der Waals surface area contributed by atoms with Crippen LogP contribution in [0, 0.1) is 23.7 Å². The summed E-state index contributed by atoms with van der Waals surface area (Å²) < 4.78 is 0. The van der Waals surface area contributed by atoms with Gasteiger partial charge in [0.2, 0.25) is 0 Å². The molecule has 0 heterocycles. The van der Waals surface area contributed by atoms with Crippen LogP contribution in [0.3, 0.4) is 0 Å². The molecule has 1 unspecified atom stereocenters. The molecule has 3 rings (SSSR count). The predicted molar refractivity (Wildman–Crippen MR) is 74.4 cm³/mol. The van der Waals surface area contributed by atoms with Crippen molar-refractivity contribution in [2.75, 3.05) is 13.1 Å². The normalized spacial score (nSPS) is 27.0. The summed E-state index contributed by atoms with van der Waals surface area (Å²) in [6.07, 6.45) is 12.3. The zero-order chi connectivity index (χ0) is 12.4. The van der Waals surface area contributed by atoms with Gasteiger partial charge in [0.25, 0.3) is 0 Å². The fourth-order valence-electron chi connectivity index (χ4n) is 3.90. The summed E-state index contributed by atoms with van der Waals surface area (Å²) in [6.45, 7) is 1.99. The van der Waals surface area contributed by atoms with E-state index in [2.05, 4.69) is 5.32 Å². The molecule has 3 fully saturated rings. The largest absolute Gasteiger partial charge is 0.392 e. The van der Waals surface area contributed by atoms with Gasteiger partial charge in [-0.3, -0.25) is 0 Å². The number of rotatable bonds is 8. The van der Waals surface area contributed by atoms with Crippen LogP contribution in [0.4, 0.5) is 0 Å². The summed E-state index contributed by atoms with van der Waals surface area (Å²) in [4.78, 5) is 0. The molecule has 2 nitrogen and oxygen atoms in total. The van der Waals surface area contributed by atoms with E-state index in [1.165, 1.54) is 51.4 Å². The highest BCUT2D eigenvalue weighted by molar-refractivity contribution is 4.92. The second-order valence-corrected chi connectivity index (χ2v) is 7.04. The topological polar surface area (TPSA) is 32.3 Å². The van der Waals surface area contributed by atoms with Crippen molar-refractivity contribution < 1.29 is 5.11 Å². The summed E-state index contributed by atoms with van der Waals surface area (Å²) in [5.41, 5.74) is 0. The molecule has 2 heteroatoms. The molecule has 0 spiro atoms. The molecule has 18 heavy (non-hydrogen) atoms. The van der Waals surface area contributed by atoms with Crippen LogP contribution in [-0.2, 0) is 0 Å². The van der Waals surface area contributed by atoms with E-state index in [0.29, 0.717) is 0 Å². The molecule has 0 aliphatic heterocycles. The van der Waals surface area contributed by atoms with Crippen LogP contribution in [0.25, 0.3) is 0 Å². The standard InChI is InChI=1S/C16H29NO/c18-15(9-12-3-1-2-4-12)10-17-11-16(13-5-6-13)14-7-8-14/h12-18H,1-11H2. The van der Waals surface area contributed by atoms with Crippen molar-refractivity contribution in [2.24, 2.45) is 23.7 Å². The van der Waals surface area contributed by atoms with Crippen molar-refractivity contribution in [3.63, 3.8) is 0 Å². The minimum absolute atomic E-state index is 0.104. The van der Waals surface area contributed by atoms with Crippen molar-refractivity contribution in [1.29, 1.82) is 0 Å². The van der Waals surface area contributed by atoms with Crippen molar-refractivity contribution >= 4 is 0 Å². The van der Waals surface area contributed by atoms with Gasteiger partial charge in [-0.25, -0.2) is 0 Å². The van der Waals surface area contributed by atoms with Gasteiger partial charge in [0.05, 0.1) is 6.10 Å². The smallest absolute Gasteiger partial charge is 0.0667 e. The maximum absolute atomic E-state index is 10.1. The molecule has 0 radical (unpaired) electrons. The van der Waals surface area contributed by atoms with E-state index in [4.69, 9.17) is 0 Å². The average molecular weight is 251 g/mol. The van der Waals surface area contributed by atoms with E-state index in [1.54, 1.807) is 0 Å². The lowest BCUT2D eigenvalue weighted by atomic mass is 9.97. The Balaban J connectivity index is 1.30. The van der Waals surface area contributed by atoms with E-state index in [0.717, 1.165) is 43.2 Å². The Labute approximate surface area is 112 Å². The lowest BCUT2D eigenvalue weighted by molar-refractivity contribution is 0.138. The summed E-state index contributed by atoms with van der Waals surface area (Å²) in [6, 6.07) is 0. The molecule has 1 atom stereocenters. The van der Waals surface area contributed by atoms with Crippen molar-refractivity contribution in [2.45, 2.75) is 63.9 Å². The van der Waals surface area contributed by atoms with Gasteiger partial charge in [0.15, 0.2) is 0 Å². The second-order valence-electron chi connectivity index (χ2n) is 7.04. The van der Waals surface area contributed by atoms with Crippen LogP contribution < -0.4 is 5.32 Å². The van der Waals surface area contributed by atoms with E-state index >= 15 is 0 Å². The fourth-order valence-corrected chi connectivity index (χ4v) is 3.90. The van der Waals surface area contributed by atoms with Crippen LogP contribution in [0.2, 0.25) is 0 Å². The number of hydrogen-bond acceptors (Lipinski definition) is 2. The van der Waals surface area contributed by atoms with Gasteiger partial charge in [-0.1, -0.05) is 25.7 Å². The Hall–Kier alpha value is -0.0800. The SMILES string of the molecule is OC(CNCC(C1CC1)C1CC1)CC1CCCC1. The zero-order valence-electron chi connectivity index (χ0n) is 11.6. The van der Waals surface area contributed by atoms with Crippen LogP contribution in [0.1, 0.15) is 57.8 Å². The third-order valence-corrected chi connectivity index (χ3v) is 5.30. The van der Waals surface area contributed by atoms with Crippen LogP contribution in [0.5, 0.6) is 0 Å². The molecule has 3 saturated carbocycles. The Morgan fingerprint density at radius 1 is 0.889 bits per heavy atom. The quantitative estimate of drug-likeness (QED) is 0.695. The molecule has 0 saturated heterocycles. The first kappa shape index (κ1) is 12.9. The van der Waals surface area contributed by atoms with Crippen molar-refractivity contribution in [1.82, 2.24) is 5.32 Å². The molecular weight excluding hydrogens is 222 g/mol. The maximum atomic E-state index is 10.1. The molecular formula is C16H29NO. The summed E-state index contributed by atoms with van der Waals surface area (Å²) in [7, 11) is 0. The Kier molecular flexibility index (Phi) is 4.25. The number of aliphatic hydroxyl groups excluding tert-OH is 1. The maximum Gasteiger partial charge on any atom is 0.0667 e. The highest BCUT2D eigenvalue weighted by Gasteiger charge is 2.40. The van der Waals surface area contributed by atoms with Gasteiger partial charge in [-0.05, 0) is 62.3 Å². The molecule has 0 aromatic heterocycles. The van der Waals surface area contributed by atoms with Crippen LogP contribution in [0.15, 0.2) is 0 Å². The minimum atomic E-state index is -0.104. The van der Waals surface area contributed by atoms with Gasteiger partial charge >= 0.3 is 0 Å². The minimum Gasteiger partial charge on any atom is -0.392 e. The molecule has 104 valence electrons. The first-order valence-corrected chi connectivity index (χ1v) is 8.21. The number of nitrogens with one attached hydrogen (secondary N) is 1. The summed E-state index contributed by atoms with van der Waals surface area (Å²) >= 11 is 0.